The Hall–Kier alpha value is -2.14. The molecule has 0 radical (unpaired) electrons. The fourth-order valence-electron chi connectivity index (χ4n) is 1.89. The van der Waals surface area contributed by atoms with E-state index in [2.05, 4.69) is 5.32 Å². The van der Waals surface area contributed by atoms with Gasteiger partial charge in [0.15, 0.2) is 0 Å². The van der Waals surface area contributed by atoms with Crippen molar-refractivity contribution >= 4 is 39.4 Å². The molecule has 1 N–H and O–H groups in total. The SMILES string of the molecule is CN1C(=O)NC(=Cc2csc3ccccc23)C1=O. The van der Waals surface area contributed by atoms with Gasteiger partial charge < -0.3 is 5.32 Å². The van der Waals surface area contributed by atoms with Crippen LogP contribution in [0.1, 0.15) is 5.56 Å². The molecular formula is C13H10N2O2S. The second-order valence-corrected chi connectivity index (χ2v) is 4.95. The van der Waals surface area contributed by atoms with Gasteiger partial charge in [0.1, 0.15) is 5.70 Å². The average Bonchev–Trinajstić information content (AvgIpc) is 2.89. The van der Waals surface area contributed by atoms with Gasteiger partial charge in [-0.2, -0.15) is 0 Å². The molecule has 90 valence electrons. The molecule has 18 heavy (non-hydrogen) atoms. The average molecular weight is 258 g/mol. The summed E-state index contributed by atoms with van der Waals surface area (Å²) in [5.74, 6) is -0.296. The molecule has 2 heterocycles. The third-order valence-electron chi connectivity index (χ3n) is 2.89. The largest absolute Gasteiger partial charge is 0.328 e. The molecule has 1 aromatic heterocycles. The Balaban J connectivity index is 2.07. The van der Waals surface area contributed by atoms with Gasteiger partial charge in [-0.25, -0.2) is 4.79 Å². The van der Waals surface area contributed by atoms with Crippen molar-refractivity contribution in [1.29, 1.82) is 0 Å². The molecule has 3 rings (SSSR count). The van der Waals surface area contributed by atoms with Gasteiger partial charge in [-0.3, -0.25) is 9.69 Å². The third kappa shape index (κ3) is 1.60. The molecule has 1 aliphatic rings. The number of hydrogen-bond donors (Lipinski definition) is 1. The Morgan fingerprint density at radius 1 is 1.28 bits per heavy atom. The van der Waals surface area contributed by atoms with Gasteiger partial charge in [0.05, 0.1) is 0 Å². The predicted octanol–water partition coefficient (Wildman–Crippen LogP) is 2.42. The lowest BCUT2D eigenvalue weighted by Gasteiger charge is -1.99. The molecule has 1 fully saturated rings. The van der Waals surface area contributed by atoms with Crippen LogP contribution in [0.5, 0.6) is 0 Å². The zero-order valence-corrected chi connectivity index (χ0v) is 10.5. The minimum absolute atomic E-state index is 0.296. The smallest absolute Gasteiger partial charge is 0.303 e. The zero-order valence-electron chi connectivity index (χ0n) is 9.64. The molecule has 0 atom stereocenters. The van der Waals surface area contributed by atoms with Crippen molar-refractivity contribution in [2.75, 3.05) is 7.05 Å². The van der Waals surface area contributed by atoms with E-state index in [1.54, 1.807) is 17.4 Å². The second-order valence-electron chi connectivity index (χ2n) is 4.04. The summed E-state index contributed by atoms with van der Waals surface area (Å²) in [7, 11) is 1.46. The highest BCUT2D eigenvalue weighted by Gasteiger charge is 2.30. The third-order valence-corrected chi connectivity index (χ3v) is 3.87. The van der Waals surface area contributed by atoms with Crippen molar-refractivity contribution in [2.24, 2.45) is 0 Å². The van der Waals surface area contributed by atoms with Gasteiger partial charge >= 0.3 is 6.03 Å². The number of fused-ring (bicyclic) bond motifs is 1. The van der Waals surface area contributed by atoms with Crippen LogP contribution in [0.3, 0.4) is 0 Å². The van der Waals surface area contributed by atoms with Crippen molar-refractivity contribution in [3.05, 3.63) is 40.9 Å². The van der Waals surface area contributed by atoms with E-state index >= 15 is 0 Å². The molecule has 1 aliphatic heterocycles. The van der Waals surface area contributed by atoms with E-state index in [9.17, 15) is 9.59 Å². The number of urea groups is 1. The van der Waals surface area contributed by atoms with Gasteiger partial charge in [0, 0.05) is 11.7 Å². The lowest BCUT2D eigenvalue weighted by atomic mass is 10.1. The fraction of sp³-hybridized carbons (Fsp3) is 0.0769. The summed E-state index contributed by atoms with van der Waals surface area (Å²) in [4.78, 5) is 24.2. The molecule has 1 saturated heterocycles. The minimum atomic E-state index is -0.384. The summed E-state index contributed by atoms with van der Waals surface area (Å²) < 4.78 is 1.16. The van der Waals surface area contributed by atoms with Crippen LogP contribution in [-0.2, 0) is 4.79 Å². The molecule has 0 unspecified atom stereocenters. The summed E-state index contributed by atoms with van der Waals surface area (Å²) in [6.45, 7) is 0. The molecule has 0 saturated carbocycles. The number of nitrogens with one attached hydrogen (secondary N) is 1. The summed E-state index contributed by atoms with van der Waals surface area (Å²) >= 11 is 1.62. The van der Waals surface area contributed by atoms with Crippen LogP contribution >= 0.6 is 11.3 Å². The summed E-state index contributed by atoms with van der Waals surface area (Å²) in [6.07, 6.45) is 1.72. The standard InChI is InChI=1S/C13H10N2O2S/c1-15-12(16)10(14-13(15)17)6-8-7-18-11-5-3-2-4-9(8)11/h2-7H,1H3,(H,14,17). The molecule has 0 aliphatic carbocycles. The zero-order chi connectivity index (χ0) is 12.7. The van der Waals surface area contributed by atoms with Crippen molar-refractivity contribution in [3.63, 3.8) is 0 Å². The van der Waals surface area contributed by atoms with Gasteiger partial charge in [-0.05, 0) is 28.5 Å². The van der Waals surface area contributed by atoms with E-state index in [1.807, 2.05) is 29.6 Å². The maximum Gasteiger partial charge on any atom is 0.328 e. The normalized spacial score (nSPS) is 17.8. The monoisotopic (exact) mass is 258 g/mol. The maximum absolute atomic E-state index is 11.8. The Morgan fingerprint density at radius 2 is 2.06 bits per heavy atom. The van der Waals surface area contributed by atoms with Crippen LogP contribution in [0, 0.1) is 0 Å². The van der Waals surface area contributed by atoms with Crippen LogP contribution in [0.4, 0.5) is 4.79 Å². The van der Waals surface area contributed by atoms with Crippen LogP contribution < -0.4 is 5.32 Å². The first-order chi connectivity index (χ1) is 8.66. The number of amides is 3. The summed E-state index contributed by atoms with van der Waals surface area (Å²) in [6, 6.07) is 7.59. The number of rotatable bonds is 1. The second kappa shape index (κ2) is 3.96. The summed E-state index contributed by atoms with van der Waals surface area (Å²) in [5, 5.41) is 5.63. The van der Waals surface area contributed by atoms with E-state index in [0.717, 1.165) is 20.5 Å². The van der Waals surface area contributed by atoms with E-state index in [-0.39, 0.29) is 11.9 Å². The highest BCUT2D eigenvalue weighted by atomic mass is 32.1. The molecule has 5 heteroatoms. The van der Waals surface area contributed by atoms with E-state index in [0.29, 0.717) is 5.70 Å². The van der Waals surface area contributed by atoms with Gasteiger partial charge in [-0.15, -0.1) is 11.3 Å². The first-order valence-electron chi connectivity index (χ1n) is 5.44. The van der Waals surface area contributed by atoms with Crippen molar-refractivity contribution in [2.45, 2.75) is 0 Å². The number of benzene rings is 1. The predicted molar refractivity (Wildman–Crippen MR) is 71.1 cm³/mol. The maximum atomic E-state index is 11.8. The summed E-state index contributed by atoms with van der Waals surface area (Å²) in [5.41, 5.74) is 1.28. The van der Waals surface area contributed by atoms with E-state index in [4.69, 9.17) is 0 Å². The molecule has 1 aromatic carbocycles. The highest BCUT2D eigenvalue weighted by Crippen LogP contribution is 2.27. The topological polar surface area (TPSA) is 49.4 Å². The number of imide groups is 1. The quantitative estimate of drug-likeness (QED) is 0.631. The Morgan fingerprint density at radius 3 is 2.78 bits per heavy atom. The lowest BCUT2D eigenvalue weighted by molar-refractivity contribution is -0.121. The lowest BCUT2D eigenvalue weighted by Crippen LogP contribution is -2.25. The van der Waals surface area contributed by atoms with Crippen molar-refractivity contribution in [1.82, 2.24) is 10.2 Å². The van der Waals surface area contributed by atoms with Crippen LogP contribution in [0.2, 0.25) is 0 Å². The first kappa shape index (κ1) is 11.0. The number of likely N-dealkylation sites (N-methyl/N-ethyl adjacent to an activating group) is 1. The van der Waals surface area contributed by atoms with Crippen molar-refractivity contribution < 1.29 is 9.59 Å². The molecule has 4 nitrogen and oxygen atoms in total. The molecule has 0 bridgehead atoms. The fourth-order valence-corrected chi connectivity index (χ4v) is 2.81. The molecule has 2 aromatic rings. The Labute approximate surface area is 108 Å². The van der Waals surface area contributed by atoms with E-state index < -0.39 is 0 Å². The van der Waals surface area contributed by atoms with E-state index in [1.165, 1.54) is 7.05 Å². The number of carbonyl (C=O) groups excluding carboxylic acids is 2. The van der Waals surface area contributed by atoms with Gasteiger partial charge in [-0.1, -0.05) is 18.2 Å². The Kier molecular flexibility index (Phi) is 2.41. The Bertz CT molecular complexity index is 687. The molecule has 0 spiro atoms. The van der Waals surface area contributed by atoms with Crippen molar-refractivity contribution in [3.8, 4) is 0 Å². The highest BCUT2D eigenvalue weighted by molar-refractivity contribution is 7.17. The minimum Gasteiger partial charge on any atom is -0.303 e. The number of thiophene rings is 1. The number of hydrogen-bond acceptors (Lipinski definition) is 3. The van der Waals surface area contributed by atoms with Crippen LogP contribution in [-0.4, -0.2) is 23.9 Å². The first-order valence-corrected chi connectivity index (χ1v) is 6.32. The van der Waals surface area contributed by atoms with Crippen LogP contribution in [0.15, 0.2) is 35.3 Å². The van der Waals surface area contributed by atoms with Crippen LogP contribution in [0.25, 0.3) is 16.2 Å². The number of carbonyl (C=O) groups is 2. The van der Waals surface area contributed by atoms with Gasteiger partial charge in [0.2, 0.25) is 0 Å². The van der Waals surface area contributed by atoms with Gasteiger partial charge in [0.25, 0.3) is 5.91 Å². The molecular weight excluding hydrogens is 248 g/mol. The molecule has 3 amide bonds. The number of nitrogens with zero attached hydrogens (tertiary/aromatic N) is 1.